The van der Waals surface area contributed by atoms with Crippen molar-refractivity contribution in [2.45, 2.75) is 51.1 Å². The summed E-state index contributed by atoms with van der Waals surface area (Å²) in [6.45, 7) is 1.19. The van der Waals surface area contributed by atoms with Crippen LogP contribution in [0.4, 0.5) is 10.1 Å². The Morgan fingerprint density at radius 3 is 2.61 bits per heavy atom. The minimum absolute atomic E-state index is 0.00390. The Morgan fingerprint density at radius 2 is 1.94 bits per heavy atom. The highest BCUT2D eigenvalue weighted by Gasteiger charge is 2.34. The van der Waals surface area contributed by atoms with Gasteiger partial charge in [-0.1, -0.05) is 31.4 Å². The molecule has 1 saturated carbocycles. The van der Waals surface area contributed by atoms with Crippen molar-refractivity contribution >= 4 is 23.4 Å². The number of amides is 3. The van der Waals surface area contributed by atoms with Gasteiger partial charge in [-0.15, -0.1) is 0 Å². The van der Waals surface area contributed by atoms with Gasteiger partial charge >= 0.3 is 0 Å². The predicted molar refractivity (Wildman–Crippen MR) is 132 cm³/mol. The van der Waals surface area contributed by atoms with Gasteiger partial charge in [-0.05, 0) is 55.7 Å². The summed E-state index contributed by atoms with van der Waals surface area (Å²) in [5, 5.41) is 5.60. The van der Waals surface area contributed by atoms with Crippen LogP contribution in [0.3, 0.4) is 0 Å². The third kappa shape index (κ3) is 5.97. The second kappa shape index (κ2) is 11.6. The van der Waals surface area contributed by atoms with E-state index in [-0.39, 0.29) is 23.4 Å². The van der Waals surface area contributed by atoms with Crippen LogP contribution in [0.15, 0.2) is 65.5 Å². The Morgan fingerprint density at radius 1 is 1.14 bits per heavy atom. The molecule has 1 aliphatic rings. The summed E-state index contributed by atoms with van der Waals surface area (Å²) >= 11 is 0. The number of hydrogen-bond acceptors (Lipinski definition) is 5. The standard InChI is InChI=1S/C27H29FN4O4/c1-18-11-12-21(15-22(18)28)32(24(33)17-30-26(34)23-10-6-14-36-23)25(19-7-5-13-29-16-19)27(35)31-20-8-3-2-4-9-20/h5-7,10-16,20,25H,2-4,8-9,17H2,1H3,(H,30,34)(H,31,35)/t25-/m0/s1. The number of aromatic nitrogens is 1. The van der Waals surface area contributed by atoms with Gasteiger partial charge in [0, 0.05) is 29.7 Å². The molecule has 0 unspecified atom stereocenters. The second-order valence-corrected chi connectivity index (χ2v) is 8.89. The number of rotatable bonds is 8. The van der Waals surface area contributed by atoms with Crippen molar-refractivity contribution < 1.29 is 23.2 Å². The van der Waals surface area contributed by atoms with Crippen molar-refractivity contribution in [1.82, 2.24) is 15.6 Å². The molecule has 36 heavy (non-hydrogen) atoms. The Balaban J connectivity index is 1.68. The molecule has 0 saturated heterocycles. The molecule has 1 fully saturated rings. The number of pyridine rings is 1. The molecular formula is C27H29FN4O4. The van der Waals surface area contributed by atoms with Crippen LogP contribution in [-0.4, -0.2) is 35.3 Å². The zero-order chi connectivity index (χ0) is 25.5. The lowest BCUT2D eigenvalue weighted by molar-refractivity contribution is -0.127. The van der Waals surface area contributed by atoms with Gasteiger partial charge in [-0.2, -0.15) is 0 Å². The van der Waals surface area contributed by atoms with Gasteiger partial charge in [-0.3, -0.25) is 24.3 Å². The van der Waals surface area contributed by atoms with Gasteiger partial charge in [-0.25, -0.2) is 4.39 Å². The first-order chi connectivity index (χ1) is 17.4. The van der Waals surface area contributed by atoms with E-state index in [4.69, 9.17) is 4.42 Å². The molecule has 3 aromatic rings. The zero-order valence-corrected chi connectivity index (χ0v) is 20.1. The normalized spacial score (nSPS) is 14.6. The number of anilines is 1. The molecule has 9 heteroatoms. The lowest BCUT2D eigenvalue weighted by Gasteiger charge is -2.33. The van der Waals surface area contributed by atoms with Crippen LogP contribution in [0, 0.1) is 12.7 Å². The molecule has 4 rings (SSSR count). The van der Waals surface area contributed by atoms with Crippen molar-refractivity contribution in [2.75, 3.05) is 11.4 Å². The fourth-order valence-electron chi connectivity index (χ4n) is 4.39. The molecule has 0 aliphatic heterocycles. The van der Waals surface area contributed by atoms with E-state index < -0.39 is 30.2 Å². The summed E-state index contributed by atoms with van der Waals surface area (Å²) in [4.78, 5) is 45.0. The Labute approximate surface area is 208 Å². The molecule has 8 nitrogen and oxygen atoms in total. The van der Waals surface area contributed by atoms with Gasteiger partial charge < -0.3 is 15.1 Å². The number of halogens is 1. The van der Waals surface area contributed by atoms with Crippen molar-refractivity contribution in [3.8, 4) is 0 Å². The second-order valence-electron chi connectivity index (χ2n) is 8.89. The average molecular weight is 493 g/mol. The van der Waals surface area contributed by atoms with Crippen molar-refractivity contribution in [3.05, 3.63) is 83.8 Å². The molecule has 1 aliphatic carbocycles. The molecule has 2 heterocycles. The van der Waals surface area contributed by atoms with E-state index in [2.05, 4.69) is 15.6 Å². The van der Waals surface area contributed by atoms with Gasteiger partial charge in [0.15, 0.2) is 5.76 Å². The van der Waals surface area contributed by atoms with Gasteiger partial charge in [0.2, 0.25) is 11.8 Å². The number of benzene rings is 1. The Bertz CT molecular complexity index is 1190. The lowest BCUT2D eigenvalue weighted by atomic mass is 9.94. The van der Waals surface area contributed by atoms with Crippen LogP contribution in [0.25, 0.3) is 0 Å². The lowest BCUT2D eigenvalue weighted by Crippen LogP contribution is -2.49. The highest BCUT2D eigenvalue weighted by Crippen LogP contribution is 2.30. The molecule has 0 radical (unpaired) electrons. The molecular weight excluding hydrogens is 463 g/mol. The van der Waals surface area contributed by atoms with Crippen LogP contribution < -0.4 is 15.5 Å². The third-order valence-corrected chi connectivity index (χ3v) is 6.31. The maximum atomic E-state index is 14.6. The molecule has 3 amide bonds. The van der Waals surface area contributed by atoms with E-state index in [0.717, 1.165) is 32.1 Å². The molecule has 1 aromatic carbocycles. The minimum Gasteiger partial charge on any atom is -0.459 e. The number of nitrogens with one attached hydrogen (secondary N) is 2. The molecule has 0 spiro atoms. The summed E-state index contributed by atoms with van der Waals surface area (Å²) in [5.74, 6) is -2.02. The van der Waals surface area contributed by atoms with Crippen LogP contribution in [0.1, 0.15) is 59.8 Å². The Hall–Kier alpha value is -4.01. The van der Waals surface area contributed by atoms with E-state index in [0.29, 0.717) is 11.1 Å². The summed E-state index contributed by atoms with van der Waals surface area (Å²) in [6.07, 6.45) is 9.32. The summed E-state index contributed by atoms with van der Waals surface area (Å²) in [6, 6.07) is 9.64. The molecule has 188 valence electrons. The SMILES string of the molecule is Cc1ccc(N(C(=O)CNC(=O)c2ccco2)[C@H](C(=O)NC2CCCCC2)c2cccnc2)cc1F. The quantitative estimate of drug-likeness (QED) is 0.493. The third-order valence-electron chi connectivity index (χ3n) is 6.31. The van der Waals surface area contributed by atoms with Crippen LogP contribution >= 0.6 is 0 Å². The predicted octanol–water partition coefficient (Wildman–Crippen LogP) is 4.08. The highest BCUT2D eigenvalue weighted by atomic mass is 19.1. The number of nitrogens with zero attached hydrogens (tertiary/aromatic N) is 2. The first-order valence-corrected chi connectivity index (χ1v) is 12.0. The number of carbonyl (C=O) groups excluding carboxylic acids is 3. The minimum atomic E-state index is -1.12. The summed E-state index contributed by atoms with van der Waals surface area (Å²) in [5.41, 5.74) is 1.07. The summed E-state index contributed by atoms with van der Waals surface area (Å²) < 4.78 is 19.7. The van der Waals surface area contributed by atoms with E-state index in [1.54, 1.807) is 43.5 Å². The number of aryl methyl sites for hydroxylation is 1. The first kappa shape index (κ1) is 25.1. The number of carbonyl (C=O) groups is 3. The number of hydrogen-bond donors (Lipinski definition) is 2. The zero-order valence-electron chi connectivity index (χ0n) is 20.1. The molecule has 2 aromatic heterocycles. The van der Waals surface area contributed by atoms with E-state index in [1.165, 1.54) is 29.5 Å². The largest absolute Gasteiger partial charge is 0.459 e. The van der Waals surface area contributed by atoms with Crippen LogP contribution in [0.5, 0.6) is 0 Å². The van der Waals surface area contributed by atoms with Crippen molar-refractivity contribution in [2.24, 2.45) is 0 Å². The van der Waals surface area contributed by atoms with Crippen LogP contribution in [-0.2, 0) is 9.59 Å². The number of furan rings is 1. The van der Waals surface area contributed by atoms with Crippen molar-refractivity contribution in [3.63, 3.8) is 0 Å². The maximum absolute atomic E-state index is 14.6. The maximum Gasteiger partial charge on any atom is 0.287 e. The smallest absolute Gasteiger partial charge is 0.287 e. The van der Waals surface area contributed by atoms with Crippen molar-refractivity contribution in [1.29, 1.82) is 0 Å². The Kier molecular flexibility index (Phi) is 8.10. The topological polar surface area (TPSA) is 105 Å². The first-order valence-electron chi connectivity index (χ1n) is 12.0. The highest BCUT2D eigenvalue weighted by molar-refractivity contribution is 6.04. The van der Waals surface area contributed by atoms with Gasteiger partial charge in [0.25, 0.3) is 5.91 Å². The molecule has 1 atom stereocenters. The molecule has 0 bridgehead atoms. The van der Waals surface area contributed by atoms with Crippen LogP contribution in [0.2, 0.25) is 0 Å². The molecule has 2 N–H and O–H groups in total. The van der Waals surface area contributed by atoms with E-state index in [9.17, 15) is 18.8 Å². The van der Waals surface area contributed by atoms with Gasteiger partial charge in [0.05, 0.1) is 12.8 Å². The fourth-order valence-corrected chi connectivity index (χ4v) is 4.39. The fraction of sp³-hybridized carbons (Fsp3) is 0.333. The summed E-state index contributed by atoms with van der Waals surface area (Å²) in [7, 11) is 0. The average Bonchev–Trinajstić information content (AvgIpc) is 3.44. The monoisotopic (exact) mass is 492 g/mol. The van der Waals surface area contributed by atoms with E-state index in [1.807, 2.05) is 0 Å². The van der Waals surface area contributed by atoms with E-state index >= 15 is 0 Å². The van der Waals surface area contributed by atoms with Gasteiger partial charge in [0.1, 0.15) is 11.9 Å².